The zero-order valence-corrected chi connectivity index (χ0v) is 28.5. The summed E-state index contributed by atoms with van der Waals surface area (Å²) in [7, 11) is -3.85. The van der Waals surface area contributed by atoms with Crippen molar-refractivity contribution in [2.75, 3.05) is 19.4 Å². The highest BCUT2D eigenvalue weighted by molar-refractivity contribution is 7.54. The Bertz CT molecular complexity index is 1230. The van der Waals surface area contributed by atoms with Gasteiger partial charge in [-0.2, -0.15) is 0 Å². The maximum absolute atomic E-state index is 13.5. The third-order valence-electron chi connectivity index (χ3n) is 5.89. The van der Waals surface area contributed by atoms with Crippen molar-refractivity contribution >= 4 is 37.0 Å². The molecule has 1 unspecified atom stereocenters. The number of non-ortho nitro benzene ring substituents is 1. The zero-order valence-electron chi connectivity index (χ0n) is 26.8. The Balaban J connectivity index is 0.00000117. The molecule has 3 atom stereocenters. The van der Waals surface area contributed by atoms with Crippen LogP contribution in [0.15, 0.2) is 54.6 Å². The molecule has 0 aliphatic rings. The van der Waals surface area contributed by atoms with Crippen molar-refractivity contribution < 1.29 is 37.6 Å². The molecule has 254 valence electrons. The second-order valence-electron chi connectivity index (χ2n) is 12.7. The van der Waals surface area contributed by atoms with Crippen LogP contribution in [-0.4, -0.2) is 42.3 Å². The number of carbonyl (C=O) groups is 2. The first kappa shape index (κ1) is 41.9. The van der Waals surface area contributed by atoms with Gasteiger partial charge < -0.3 is 18.5 Å². The molecule has 2 aromatic carbocycles. The van der Waals surface area contributed by atoms with Gasteiger partial charge in [-0.25, -0.2) is 9.40 Å². The number of nitrogens with zero attached hydrogens (tertiary/aromatic N) is 1. The molecule has 13 heteroatoms. The fraction of sp³-hybridized carbons (Fsp3) is 0.562. The topological polar surface area (TPSA) is 143 Å². The molecular weight excluding hydrogens is 623 g/mol. The lowest BCUT2D eigenvalue weighted by Crippen LogP contribution is -2.30. The summed E-state index contributed by atoms with van der Waals surface area (Å²) in [6, 6.07) is 13.2. The number of nitro groups is 1. The number of para-hydroxylation sites is 1. The van der Waals surface area contributed by atoms with E-state index in [9.17, 15) is 24.3 Å². The van der Waals surface area contributed by atoms with Gasteiger partial charge in [0.1, 0.15) is 17.5 Å². The molecule has 0 saturated carbocycles. The van der Waals surface area contributed by atoms with Crippen LogP contribution in [-0.2, 0) is 23.6 Å². The summed E-state index contributed by atoms with van der Waals surface area (Å²) >= 11 is 5.26. The van der Waals surface area contributed by atoms with Gasteiger partial charge in [-0.05, 0) is 66.6 Å². The van der Waals surface area contributed by atoms with Crippen LogP contribution in [0.4, 0.5) is 5.69 Å². The largest absolute Gasteiger partial charge is 0.465 e. The Hall–Kier alpha value is -3.14. The van der Waals surface area contributed by atoms with Crippen molar-refractivity contribution in [3.63, 3.8) is 0 Å². The summed E-state index contributed by atoms with van der Waals surface area (Å²) in [6.07, 6.45) is 1.34. The smallest absolute Gasteiger partial charge is 0.431 e. The molecule has 0 saturated heterocycles. The number of ether oxygens (including phenoxy) is 2. The first-order valence-corrected chi connectivity index (χ1v) is 16.4. The lowest BCUT2D eigenvalue weighted by molar-refractivity contribution is -0.384. The van der Waals surface area contributed by atoms with Gasteiger partial charge >= 0.3 is 19.5 Å². The molecule has 2 aromatic rings. The number of hydrogen-bond donors (Lipinski definition) is 1. The van der Waals surface area contributed by atoms with E-state index in [1.165, 1.54) is 24.3 Å². The van der Waals surface area contributed by atoms with E-state index in [1.807, 2.05) is 20.8 Å². The molecular formula is C32H50ClN2O9P. The van der Waals surface area contributed by atoms with Crippen molar-refractivity contribution in [1.82, 2.24) is 4.84 Å². The summed E-state index contributed by atoms with van der Waals surface area (Å²) in [6.45, 7) is 16.4. The molecule has 0 heterocycles. The third-order valence-corrected chi connectivity index (χ3v) is 8.19. The molecule has 0 amide bonds. The number of nitro benzene ring substituents is 1. The number of esters is 2. The van der Waals surface area contributed by atoms with Gasteiger partial charge in [-0.3, -0.25) is 19.7 Å². The number of rotatable bonds is 14. The van der Waals surface area contributed by atoms with Crippen LogP contribution >= 0.6 is 19.4 Å². The van der Waals surface area contributed by atoms with Gasteiger partial charge in [-0.1, -0.05) is 74.1 Å². The lowest BCUT2D eigenvalue weighted by Gasteiger charge is -2.23. The van der Waals surface area contributed by atoms with Crippen LogP contribution in [0.25, 0.3) is 0 Å². The summed E-state index contributed by atoms with van der Waals surface area (Å²) in [5.74, 6) is -1.08. The predicted octanol–water partition coefficient (Wildman–Crippen LogP) is 8.60. The Morgan fingerprint density at radius 3 is 1.71 bits per heavy atom. The maximum Gasteiger partial charge on any atom is 0.431 e. The van der Waals surface area contributed by atoms with Crippen molar-refractivity contribution in [3.05, 3.63) is 64.7 Å². The van der Waals surface area contributed by atoms with Crippen molar-refractivity contribution in [2.45, 2.75) is 81.7 Å². The van der Waals surface area contributed by atoms with Crippen LogP contribution in [0, 0.1) is 26.9 Å². The van der Waals surface area contributed by atoms with Crippen LogP contribution in [0.3, 0.4) is 0 Å². The van der Waals surface area contributed by atoms with Gasteiger partial charge in [0, 0.05) is 12.1 Å². The van der Waals surface area contributed by atoms with Crippen LogP contribution in [0.2, 0.25) is 0 Å². The summed E-state index contributed by atoms with van der Waals surface area (Å²) in [4.78, 5) is 36.1. The average molecular weight is 673 g/mol. The Labute approximate surface area is 273 Å². The molecule has 11 nitrogen and oxygen atoms in total. The van der Waals surface area contributed by atoms with Crippen molar-refractivity contribution in [1.29, 1.82) is 0 Å². The molecule has 0 aromatic heterocycles. The van der Waals surface area contributed by atoms with Crippen LogP contribution in [0.5, 0.6) is 11.5 Å². The van der Waals surface area contributed by atoms with E-state index in [4.69, 9.17) is 30.3 Å². The van der Waals surface area contributed by atoms with E-state index in [2.05, 4.69) is 25.6 Å². The number of hydrogen-bond acceptors (Lipinski definition) is 10. The Morgan fingerprint density at radius 2 is 1.29 bits per heavy atom. The summed E-state index contributed by atoms with van der Waals surface area (Å²) in [5, 5.41) is 10.8. The minimum atomic E-state index is -3.85. The highest BCUT2D eigenvalue weighted by Gasteiger charge is 2.34. The highest BCUT2D eigenvalue weighted by Crippen LogP contribution is 2.50. The van der Waals surface area contributed by atoms with E-state index < -0.39 is 30.4 Å². The van der Waals surface area contributed by atoms with E-state index in [0.717, 1.165) is 6.42 Å². The molecule has 0 bridgehead atoms. The number of carbonyl (C=O) groups excluding carboxylic acids is 2. The maximum atomic E-state index is 13.5. The minimum Gasteiger partial charge on any atom is -0.465 e. The number of nitrogens with one attached hydrogen (secondary N) is 1. The van der Waals surface area contributed by atoms with Crippen molar-refractivity contribution in [2.24, 2.45) is 16.7 Å². The fourth-order valence-electron chi connectivity index (χ4n) is 3.16. The second kappa shape index (κ2) is 19.4. The molecule has 2 rings (SSSR count). The SMILES string of the molecule is C.C[C@H](CP(=O)(Oc1ccccc1)Oc1ccc([N+](=O)[O-])cc1)C(=O)OCCC(C)(C)C.C[C@H](NCl)C(=O)OCCC(C)(C)C. The number of benzene rings is 2. The zero-order chi connectivity index (χ0) is 33.6. The monoisotopic (exact) mass is 672 g/mol. The van der Waals surface area contributed by atoms with Gasteiger partial charge in [0.05, 0.1) is 30.2 Å². The molecule has 45 heavy (non-hydrogen) atoms. The quantitative estimate of drug-likeness (QED) is 0.0681. The first-order valence-electron chi connectivity index (χ1n) is 14.3. The van der Waals surface area contributed by atoms with E-state index in [0.29, 0.717) is 18.8 Å². The normalized spacial score (nSPS) is 13.8. The molecule has 1 N–H and O–H groups in total. The highest BCUT2D eigenvalue weighted by atomic mass is 35.5. The molecule has 0 spiro atoms. The molecule has 0 aliphatic carbocycles. The second-order valence-corrected chi connectivity index (χ2v) is 14.9. The van der Waals surface area contributed by atoms with Crippen LogP contribution in [0.1, 0.15) is 75.7 Å². The van der Waals surface area contributed by atoms with Gasteiger partial charge in [0.25, 0.3) is 5.69 Å². The summed E-state index contributed by atoms with van der Waals surface area (Å²) in [5.41, 5.74) is 0.0913. The predicted molar refractivity (Wildman–Crippen MR) is 178 cm³/mol. The average Bonchev–Trinajstić information content (AvgIpc) is 2.92. The Kier molecular flexibility index (Phi) is 18.0. The van der Waals surface area contributed by atoms with Gasteiger partial charge in [0.2, 0.25) is 0 Å². The minimum absolute atomic E-state index is 0. The Morgan fingerprint density at radius 1 is 0.844 bits per heavy atom. The van der Waals surface area contributed by atoms with E-state index in [1.54, 1.807) is 44.2 Å². The van der Waals surface area contributed by atoms with Gasteiger partial charge in [0.15, 0.2) is 0 Å². The van der Waals surface area contributed by atoms with E-state index in [-0.39, 0.29) is 48.4 Å². The molecule has 0 aliphatic heterocycles. The van der Waals surface area contributed by atoms with Crippen LogP contribution < -0.4 is 13.9 Å². The molecule has 0 radical (unpaired) electrons. The fourth-order valence-corrected chi connectivity index (χ4v) is 5.14. The summed E-state index contributed by atoms with van der Waals surface area (Å²) < 4.78 is 35.1. The lowest BCUT2D eigenvalue weighted by atomic mass is 9.93. The third kappa shape index (κ3) is 18.4. The first-order chi connectivity index (χ1) is 20.3. The van der Waals surface area contributed by atoms with Gasteiger partial charge in [-0.15, -0.1) is 0 Å². The van der Waals surface area contributed by atoms with E-state index >= 15 is 0 Å². The standard InChI is InChI=1S/C22H28NO7P.C9H18ClNO2.CH4/c1-17(21(24)28-15-14-22(2,3)4)16-31(27,29-19-8-6-5-7-9-19)30-20-12-10-18(11-13-20)23(25)26;1-7(11-10)8(12)13-6-5-9(2,3)4;/h5-13,17H,14-16H2,1-4H3;7,11H,5-6H2,1-4H3;1H4/t17-,31?;7-;/m10./s1. The van der Waals surface area contributed by atoms with Crippen molar-refractivity contribution in [3.8, 4) is 11.5 Å². The molecule has 0 fully saturated rings. The number of halogens is 1.